The van der Waals surface area contributed by atoms with E-state index in [0.29, 0.717) is 33.2 Å². The number of nitrogens with zero attached hydrogens (tertiary/aromatic N) is 2. The summed E-state index contributed by atoms with van der Waals surface area (Å²) in [5.74, 6) is 0.0479. The van der Waals surface area contributed by atoms with Crippen molar-refractivity contribution >= 4 is 33.5 Å². The van der Waals surface area contributed by atoms with Crippen LogP contribution in [0.5, 0.6) is 0 Å². The molecule has 7 heteroatoms. The van der Waals surface area contributed by atoms with Crippen LogP contribution in [-0.2, 0) is 4.74 Å². The molecule has 136 valence electrons. The molecule has 1 aromatic carbocycles. The molecule has 3 aromatic rings. The molecule has 2 heterocycles. The van der Waals surface area contributed by atoms with Crippen molar-refractivity contribution in [2.45, 2.75) is 27.7 Å². The number of rotatable bonds is 5. The number of carbonyl (C=O) groups excluding carboxylic acids is 1. The van der Waals surface area contributed by atoms with Crippen molar-refractivity contribution in [3.63, 3.8) is 0 Å². The average Bonchev–Trinajstić information content (AvgIpc) is 2.92. The lowest BCUT2D eigenvalue weighted by molar-refractivity contribution is 0.0531. The van der Waals surface area contributed by atoms with E-state index in [1.54, 1.807) is 18.4 Å². The van der Waals surface area contributed by atoms with Crippen molar-refractivity contribution < 1.29 is 9.53 Å². The van der Waals surface area contributed by atoms with Gasteiger partial charge in [0.2, 0.25) is 5.95 Å². The highest BCUT2D eigenvalue weighted by Crippen LogP contribution is 2.29. The summed E-state index contributed by atoms with van der Waals surface area (Å²) < 4.78 is 6.67. The molecule has 0 saturated heterocycles. The number of aryl methyl sites for hydroxylation is 2. The van der Waals surface area contributed by atoms with Gasteiger partial charge in [-0.25, -0.2) is 14.3 Å². The summed E-state index contributed by atoms with van der Waals surface area (Å²) in [7, 11) is 0. The number of nitrogens with one attached hydrogen (secondary N) is 1. The highest BCUT2D eigenvalue weighted by atomic mass is 32.1. The Labute approximate surface area is 155 Å². The summed E-state index contributed by atoms with van der Waals surface area (Å²) in [5.41, 5.74) is 2.21. The first-order valence-electron chi connectivity index (χ1n) is 8.52. The minimum atomic E-state index is -0.417. The third-order valence-corrected chi connectivity index (χ3v) is 5.19. The van der Waals surface area contributed by atoms with Gasteiger partial charge in [-0.1, -0.05) is 12.1 Å². The van der Waals surface area contributed by atoms with Crippen LogP contribution in [0.25, 0.3) is 15.9 Å². The van der Waals surface area contributed by atoms with Gasteiger partial charge in [0.05, 0.1) is 17.7 Å². The fourth-order valence-electron chi connectivity index (χ4n) is 2.86. The predicted octanol–water partition coefficient (Wildman–Crippen LogP) is 3.67. The van der Waals surface area contributed by atoms with E-state index in [1.807, 2.05) is 38.1 Å². The summed E-state index contributed by atoms with van der Waals surface area (Å²) in [5, 5.41) is 3.61. The van der Waals surface area contributed by atoms with Crippen molar-refractivity contribution in [2.24, 2.45) is 0 Å². The molecule has 6 nitrogen and oxygen atoms in total. The molecule has 0 fully saturated rings. The molecular formula is C19H21N3O3S. The zero-order valence-corrected chi connectivity index (χ0v) is 16.1. The zero-order valence-electron chi connectivity index (χ0n) is 15.3. The smallest absolute Gasteiger partial charge is 0.348 e. The Morgan fingerprint density at radius 3 is 2.73 bits per heavy atom. The molecule has 0 aliphatic carbocycles. The molecular weight excluding hydrogens is 350 g/mol. The van der Waals surface area contributed by atoms with Crippen LogP contribution in [0.1, 0.15) is 34.6 Å². The standard InChI is InChI=1S/C19H21N3O3S/c1-5-20-19-21-16-14(12(4)15(26-16)18(24)25-6-2)17(23)22(19)13-9-7-8-11(3)10-13/h7-10H,5-6H2,1-4H3,(H,20,21). The number of benzene rings is 1. The minimum Gasteiger partial charge on any atom is -0.462 e. The summed E-state index contributed by atoms with van der Waals surface area (Å²) >= 11 is 1.19. The van der Waals surface area contributed by atoms with Gasteiger partial charge in [0.1, 0.15) is 9.71 Å². The van der Waals surface area contributed by atoms with Crippen molar-refractivity contribution in [1.82, 2.24) is 9.55 Å². The maximum Gasteiger partial charge on any atom is 0.348 e. The van der Waals surface area contributed by atoms with Crippen LogP contribution >= 0.6 is 11.3 Å². The van der Waals surface area contributed by atoms with Gasteiger partial charge in [-0.3, -0.25) is 4.79 Å². The van der Waals surface area contributed by atoms with Gasteiger partial charge in [0.15, 0.2) is 0 Å². The predicted molar refractivity (Wildman–Crippen MR) is 105 cm³/mol. The van der Waals surface area contributed by atoms with Crippen LogP contribution in [0.3, 0.4) is 0 Å². The Hall–Kier alpha value is -2.67. The first-order valence-corrected chi connectivity index (χ1v) is 9.33. The molecule has 0 radical (unpaired) electrons. The topological polar surface area (TPSA) is 73.2 Å². The largest absolute Gasteiger partial charge is 0.462 e. The maximum absolute atomic E-state index is 13.3. The highest BCUT2D eigenvalue weighted by molar-refractivity contribution is 7.20. The van der Waals surface area contributed by atoms with Gasteiger partial charge in [0, 0.05) is 6.54 Å². The zero-order chi connectivity index (χ0) is 18.8. The van der Waals surface area contributed by atoms with Gasteiger partial charge >= 0.3 is 5.97 Å². The quantitative estimate of drug-likeness (QED) is 0.693. The number of hydrogen-bond acceptors (Lipinski definition) is 6. The second-order valence-electron chi connectivity index (χ2n) is 5.90. The van der Waals surface area contributed by atoms with E-state index in [1.165, 1.54) is 11.3 Å². The second-order valence-corrected chi connectivity index (χ2v) is 6.90. The van der Waals surface area contributed by atoms with Crippen LogP contribution < -0.4 is 10.9 Å². The van der Waals surface area contributed by atoms with E-state index >= 15 is 0 Å². The molecule has 0 aliphatic rings. The number of carbonyl (C=O) groups is 1. The van der Waals surface area contributed by atoms with Crippen LogP contribution in [0.4, 0.5) is 5.95 Å². The van der Waals surface area contributed by atoms with Crippen LogP contribution in [0.2, 0.25) is 0 Å². The highest BCUT2D eigenvalue weighted by Gasteiger charge is 2.22. The maximum atomic E-state index is 13.3. The molecule has 0 atom stereocenters. The van der Waals surface area contributed by atoms with Crippen molar-refractivity contribution in [3.8, 4) is 5.69 Å². The Bertz CT molecular complexity index is 1040. The minimum absolute atomic E-state index is 0.194. The number of thiophene rings is 1. The SMILES string of the molecule is CCNc1nc2sc(C(=O)OCC)c(C)c2c(=O)n1-c1cccc(C)c1. The van der Waals surface area contributed by atoms with Gasteiger partial charge in [-0.05, 0) is 51.0 Å². The van der Waals surface area contributed by atoms with Crippen LogP contribution in [0, 0.1) is 13.8 Å². The molecule has 0 spiro atoms. The lowest BCUT2D eigenvalue weighted by Gasteiger charge is -2.13. The van der Waals surface area contributed by atoms with E-state index in [-0.39, 0.29) is 12.2 Å². The molecule has 1 N–H and O–H groups in total. The summed E-state index contributed by atoms with van der Waals surface area (Å²) in [6.07, 6.45) is 0. The number of fused-ring (bicyclic) bond motifs is 1. The average molecular weight is 371 g/mol. The molecule has 0 saturated carbocycles. The fraction of sp³-hybridized carbons (Fsp3) is 0.316. The molecule has 26 heavy (non-hydrogen) atoms. The molecule has 0 amide bonds. The van der Waals surface area contributed by atoms with Crippen molar-refractivity contribution in [3.05, 3.63) is 50.6 Å². The van der Waals surface area contributed by atoms with Gasteiger partial charge in [-0.2, -0.15) is 0 Å². The normalized spacial score (nSPS) is 10.9. The lowest BCUT2D eigenvalue weighted by atomic mass is 10.2. The molecule has 2 aromatic heterocycles. The first-order chi connectivity index (χ1) is 12.5. The van der Waals surface area contributed by atoms with Crippen molar-refractivity contribution in [1.29, 1.82) is 0 Å². The van der Waals surface area contributed by atoms with E-state index in [4.69, 9.17) is 4.74 Å². The Kier molecular flexibility index (Phi) is 5.08. The number of aromatic nitrogens is 2. The Morgan fingerprint density at radius 1 is 1.31 bits per heavy atom. The monoisotopic (exact) mass is 371 g/mol. The number of hydrogen-bond donors (Lipinski definition) is 1. The van der Waals surface area contributed by atoms with E-state index in [2.05, 4.69) is 10.3 Å². The first kappa shape index (κ1) is 18.1. The summed E-state index contributed by atoms with van der Waals surface area (Å²) in [6, 6.07) is 7.68. The molecule has 3 rings (SSSR count). The van der Waals surface area contributed by atoms with E-state index in [0.717, 1.165) is 11.3 Å². The van der Waals surface area contributed by atoms with Gasteiger partial charge in [0.25, 0.3) is 5.56 Å². The summed E-state index contributed by atoms with van der Waals surface area (Å²) in [6.45, 7) is 8.35. The number of anilines is 1. The Balaban J connectivity index is 2.32. The van der Waals surface area contributed by atoms with Gasteiger partial charge in [-0.15, -0.1) is 11.3 Å². The van der Waals surface area contributed by atoms with Gasteiger partial charge < -0.3 is 10.1 Å². The van der Waals surface area contributed by atoms with E-state index in [9.17, 15) is 9.59 Å². The van der Waals surface area contributed by atoms with E-state index < -0.39 is 5.97 Å². The third kappa shape index (κ3) is 3.10. The number of ether oxygens (including phenoxy) is 1. The van der Waals surface area contributed by atoms with Crippen LogP contribution in [0.15, 0.2) is 29.1 Å². The van der Waals surface area contributed by atoms with Crippen LogP contribution in [-0.4, -0.2) is 28.7 Å². The summed E-state index contributed by atoms with van der Waals surface area (Å²) in [4.78, 5) is 31.1. The molecule has 0 unspecified atom stereocenters. The molecule has 0 aliphatic heterocycles. The fourth-order valence-corrected chi connectivity index (χ4v) is 3.92. The van der Waals surface area contributed by atoms with Crippen molar-refractivity contribution in [2.75, 3.05) is 18.5 Å². The number of esters is 1. The molecule has 0 bridgehead atoms. The lowest BCUT2D eigenvalue weighted by Crippen LogP contribution is -2.23. The Morgan fingerprint density at radius 2 is 2.08 bits per heavy atom. The second kappa shape index (κ2) is 7.29. The third-order valence-electron chi connectivity index (χ3n) is 4.02.